The molecule has 1 aromatic carbocycles. The number of fused-ring (bicyclic) bond motifs is 1. The summed E-state index contributed by atoms with van der Waals surface area (Å²) in [5.41, 5.74) is 2.79. The van der Waals surface area contributed by atoms with Crippen molar-refractivity contribution in [3.05, 3.63) is 53.1 Å². The van der Waals surface area contributed by atoms with Gasteiger partial charge in [-0.25, -0.2) is 9.37 Å². The molecule has 0 radical (unpaired) electrons. The Bertz CT molecular complexity index is 1100. The van der Waals surface area contributed by atoms with Crippen LogP contribution < -0.4 is 10.2 Å². The minimum atomic E-state index is -0.620. The van der Waals surface area contributed by atoms with Gasteiger partial charge in [0, 0.05) is 17.3 Å². The Morgan fingerprint density at radius 2 is 2.04 bits per heavy atom. The van der Waals surface area contributed by atoms with Crippen LogP contribution in [0, 0.1) is 12.7 Å². The third-order valence-corrected chi connectivity index (χ3v) is 5.25. The van der Waals surface area contributed by atoms with Crippen molar-refractivity contribution in [2.24, 2.45) is 0 Å². The number of hydrogen-bond donors (Lipinski definition) is 1. The zero-order chi connectivity index (χ0) is 19.4. The Labute approximate surface area is 159 Å². The Morgan fingerprint density at radius 3 is 2.71 bits per heavy atom. The molecule has 2 aromatic heterocycles. The first-order valence-corrected chi connectivity index (χ1v) is 9.16. The molecule has 8 heteroatoms. The molecule has 1 atom stereocenters. The van der Waals surface area contributed by atoms with E-state index in [0.29, 0.717) is 40.5 Å². The summed E-state index contributed by atoms with van der Waals surface area (Å²) in [6, 6.07) is 6.85. The van der Waals surface area contributed by atoms with Crippen molar-refractivity contribution >= 4 is 28.6 Å². The predicted octanol–water partition coefficient (Wildman–Crippen LogP) is 2.69. The van der Waals surface area contributed by atoms with Crippen LogP contribution >= 0.6 is 0 Å². The standard InChI is InChI=1S/C20H17FN4O3/c1-10-17-14(8-15(11-2-3-11)23-19(17)28-24-10)18(26)22-16-9-25(20(16)27)13-6-4-12(21)5-7-13/h4-8,11,16H,2-3,9H2,1H3,(H,22,26). The highest BCUT2D eigenvalue weighted by Crippen LogP contribution is 2.40. The SMILES string of the molecule is Cc1noc2nc(C3CC3)cc(C(=O)NC3CN(c4ccc(F)cc4)C3=O)c12. The summed E-state index contributed by atoms with van der Waals surface area (Å²) in [6.07, 6.45) is 2.08. The van der Waals surface area contributed by atoms with Crippen molar-refractivity contribution in [2.45, 2.75) is 31.7 Å². The van der Waals surface area contributed by atoms with Crippen molar-refractivity contribution in [3.63, 3.8) is 0 Å². The van der Waals surface area contributed by atoms with Gasteiger partial charge >= 0.3 is 0 Å². The van der Waals surface area contributed by atoms with Gasteiger partial charge in [0.15, 0.2) is 0 Å². The van der Waals surface area contributed by atoms with Gasteiger partial charge in [-0.1, -0.05) is 5.16 Å². The lowest BCUT2D eigenvalue weighted by Crippen LogP contribution is -2.64. The maximum Gasteiger partial charge on any atom is 0.259 e. The van der Waals surface area contributed by atoms with E-state index < -0.39 is 6.04 Å². The first-order valence-electron chi connectivity index (χ1n) is 9.16. The number of carbonyl (C=O) groups excluding carboxylic acids is 2. The van der Waals surface area contributed by atoms with E-state index in [0.717, 1.165) is 18.5 Å². The van der Waals surface area contributed by atoms with E-state index in [1.807, 2.05) is 0 Å². The molecule has 1 unspecified atom stereocenters. The molecule has 0 bridgehead atoms. The molecular weight excluding hydrogens is 363 g/mol. The molecule has 7 nitrogen and oxygen atoms in total. The van der Waals surface area contributed by atoms with Crippen LogP contribution in [0.15, 0.2) is 34.9 Å². The number of halogens is 1. The highest BCUT2D eigenvalue weighted by atomic mass is 19.1. The monoisotopic (exact) mass is 380 g/mol. The molecule has 1 N–H and O–H groups in total. The lowest BCUT2D eigenvalue weighted by Gasteiger charge is -2.38. The van der Waals surface area contributed by atoms with E-state index in [2.05, 4.69) is 15.5 Å². The molecule has 3 aromatic rings. The second-order valence-corrected chi connectivity index (χ2v) is 7.27. The first kappa shape index (κ1) is 16.9. The molecule has 1 saturated heterocycles. The molecule has 2 amide bonds. The molecule has 28 heavy (non-hydrogen) atoms. The van der Waals surface area contributed by atoms with E-state index in [9.17, 15) is 14.0 Å². The number of hydrogen-bond acceptors (Lipinski definition) is 5. The van der Waals surface area contributed by atoms with Crippen LogP contribution in [0.25, 0.3) is 11.1 Å². The van der Waals surface area contributed by atoms with Crippen molar-refractivity contribution in [3.8, 4) is 0 Å². The minimum absolute atomic E-state index is 0.227. The number of amides is 2. The number of benzene rings is 1. The van der Waals surface area contributed by atoms with E-state index in [1.54, 1.807) is 25.1 Å². The quantitative estimate of drug-likeness (QED) is 0.703. The molecule has 3 heterocycles. The van der Waals surface area contributed by atoms with Gasteiger partial charge in [0.2, 0.25) is 0 Å². The number of rotatable bonds is 4. The van der Waals surface area contributed by atoms with E-state index in [1.165, 1.54) is 17.0 Å². The fraction of sp³-hybridized carbons (Fsp3) is 0.300. The molecule has 1 aliphatic heterocycles. The fourth-order valence-corrected chi connectivity index (χ4v) is 3.50. The van der Waals surface area contributed by atoms with E-state index >= 15 is 0 Å². The summed E-state index contributed by atoms with van der Waals surface area (Å²) in [6.45, 7) is 2.09. The molecule has 5 rings (SSSR count). The summed E-state index contributed by atoms with van der Waals surface area (Å²) in [5, 5.41) is 7.28. The maximum absolute atomic E-state index is 13.1. The van der Waals surface area contributed by atoms with Gasteiger partial charge in [-0.15, -0.1) is 0 Å². The van der Waals surface area contributed by atoms with Crippen LogP contribution in [-0.4, -0.2) is 34.5 Å². The summed E-state index contributed by atoms with van der Waals surface area (Å²) < 4.78 is 18.3. The predicted molar refractivity (Wildman–Crippen MR) is 98.5 cm³/mol. The molecule has 2 aliphatic rings. The van der Waals surface area contributed by atoms with Crippen LogP contribution in [0.3, 0.4) is 0 Å². The average Bonchev–Trinajstić information content (AvgIpc) is 3.48. The van der Waals surface area contributed by atoms with Crippen LogP contribution in [0.5, 0.6) is 0 Å². The lowest BCUT2D eigenvalue weighted by atomic mass is 10.0. The van der Waals surface area contributed by atoms with E-state index in [4.69, 9.17) is 4.52 Å². The molecular formula is C20H17FN4O3. The van der Waals surface area contributed by atoms with Gasteiger partial charge in [-0.3, -0.25) is 9.59 Å². The smallest absolute Gasteiger partial charge is 0.259 e. The highest BCUT2D eigenvalue weighted by Gasteiger charge is 2.39. The molecule has 1 aliphatic carbocycles. The van der Waals surface area contributed by atoms with Gasteiger partial charge in [0.1, 0.15) is 11.9 Å². The normalized spacial score (nSPS) is 19.0. The Balaban J connectivity index is 1.37. The summed E-state index contributed by atoms with van der Waals surface area (Å²) in [5.74, 6) is -0.591. The molecule has 1 saturated carbocycles. The first-order chi connectivity index (χ1) is 13.5. The number of anilines is 1. The molecule has 142 valence electrons. The zero-order valence-corrected chi connectivity index (χ0v) is 15.1. The average molecular weight is 380 g/mol. The summed E-state index contributed by atoms with van der Waals surface area (Å²) >= 11 is 0. The maximum atomic E-state index is 13.1. The van der Waals surface area contributed by atoms with Crippen LogP contribution in [0.4, 0.5) is 10.1 Å². The Morgan fingerprint density at radius 1 is 1.29 bits per heavy atom. The Kier molecular flexibility index (Phi) is 3.68. The van der Waals surface area contributed by atoms with Crippen molar-refractivity contribution in [1.29, 1.82) is 0 Å². The van der Waals surface area contributed by atoms with Gasteiger partial charge in [-0.2, -0.15) is 0 Å². The number of carbonyl (C=O) groups is 2. The highest BCUT2D eigenvalue weighted by molar-refractivity contribution is 6.11. The van der Waals surface area contributed by atoms with Gasteiger partial charge < -0.3 is 14.7 Å². The number of nitrogens with one attached hydrogen (secondary N) is 1. The van der Waals surface area contributed by atoms with Crippen molar-refractivity contribution < 1.29 is 18.5 Å². The number of nitrogens with zero attached hydrogens (tertiary/aromatic N) is 3. The number of pyridine rings is 1. The van der Waals surface area contributed by atoms with Crippen molar-refractivity contribution in [2.75, 3.05) is 11.4 Å². The topological polar surface area (TPSA) is 88.3 Å². The van der Waals surface area contributed by atoms with Gasteiger partial charge in [-0.05, 0) is 50.1 Å². The second-order valence-electron chi connectivity index (χ2n) is 7.27. The number of aromatic nitrogens is 2. The second kappa shape index (κ2) is 6.12. The van der Waals surface area contributed by atoms with E-state index in [-0.39, 0.29) is 17.6 Å². The third-order valence-electron chi connectivity index (χ3n) is 5.25. The Hall–Kier alpha value is -3.29. The number of aryl methyl sites for hydroxylation is 1. The van der Waals surface area contributed by atoms with Crippen LogP contribution in [-0.2, 0) is 4.79 Å². The zero-order valence-electron chi connectivity index (χ0n) is 15.1. The third kappa shape index (κ3) is 2.72. The number of β-lactam (4-membered cyclic amide) rings is 1. The van der Waals surface area contributed by atoms with Crippen LogP contribution in [0.2, 0.25) is 0 Å². The fourth-order valence-electron chi connectivity index (χ4n) is 3.50. The lowest BCUT2D eigenvalue weighted by molar-refractivity contribution is -0.124. The molecule has 0 spiro atoms. The van der Waals surface area contributed by atoms with Crippen molar-refractivity contribution in [1.82, 2.24) is 15.5 Å². The van der Waals surface area contributed by atoms with Gasteiger partial charge in [0.05, 0.1) is 23.2 Å². The molecule has 2 fully saturated rings. The summed E-state index contributed by atoms with van der Waals surface area (Å²) in [7, 11) is 0. The van der Waals surface area contributed by atoms with Crippen LogP contribution in [0.1, 0.15) is 40.5 Å². The van der Waals surface area contributed by atoms with Gasteiger partial charge in [0.25, 0.3) is 17.5 Å². The minimum Gasteiger partial charge on any atom is -0.339 e. The summed E-state index contributed by atoms with van der Waals surface area (Å²) in [4.78, 5) is 31.3. The largest absolute Gasteiger partial charge is 0.339 e.